The molecule has 0 bridgehead atoms. The largest absolute Gasteiger partial charge is 0.368 e. The van der Waals surface area contributed by atoms with E-state index < -0.39 is 10.0 Å². The van der Waals surface area contributed by atoms with Gasteiger partial charge in [-0.3, -0.25) is 0 Å². The molecule has 0 saturated heterocycles. The highest BCUT2D eigenvalue weighted by atomic mass is 32.2. The first-order chi connectivity index (χ1) is 17.2. The molecule has 0 aliphatic heterocycles. The number of hydrogen-bond donors (Lipinski definition) is 3. The lowest BCUT2D eigenvalue weighted by atomic mass is 10.2. The lowest BCUT2D eigenvalue weighted by molar-refractivity contribution is 0.412. The number of nitrogens with two attached hydrogens (primary N) is 2. The van der Waals surface area contributed by atoms with Crippen molar-refractivity contribution in [2.45, 2.75) is 11.4 Å². The van der Waals surface area contributed by atoms with Crippen molar-refractivity contribution in [1.82, 2.24) is 29.6 Å². The van der Waals surface area contributed by atoms with Gasteiger partial charge in [-0.25, -0.2) is 23.5 Å². The zero-order valence-corrected chi connectivity index (χ0v) is 20.8. The van der Waals surface area contributed by atoms with Gasteiger partial charge in [-0.15, -0.1) is 5.10 Å². The van der Waals surface area contributed by atoms with E-state index in [1.807, 2.05) is 38.4 Å². The molecule has 2 heterocycles. The molecule has 0 fully saturated rings. The fourth-order valence-electron chi connectivity index (χ4n) is 3.43. The minimum absolute atomic E-state index is 0.00823. The maximum absolute atomic E-state index is 11.5. The second-order valence-electron chi connectivity index (χ2n) is 8.34. The maximum Gasteiger partial charge on any atom is 0.248 e. The first-order valence-corrected chi connectivity index (χ1v) is 12.6. The fraction of sp³-hybridized carbons (Fsp3) is 0.217. The summed E-state index contributed by atoms with van der Waals surface area (Å²) in [4.78, 5) is 17.4. The zero-order valence-electron chi connectivity index (χ0n) is 20.0. The number of likely N-dealkylation sites (N-methyl/N-ethyl adjacent to an activating group) is 1. The molecule has 12 nitrogen and oxygen atoms in total. The Morgan fingerprint density at radius 2 is 1.72 bits per heavy atom. The average Bonchev–Trinajstić information content (AvgIpc) is 3.22. The molecular formula is C23H28N10O2S. The molecule has 0 aliphatic carbocycles. The van der Waals surface area contributed by atoms with E-state index in [9.17, 15) is 8.42 Å². The van der Waals surface area contributed by atoms with Crippen molar-refractivity contribution in [2.75, 3.05) is 43.1 Å². The van der Waals surface area contributed by atoms with Gasteiger partial charge in [0.2, 0.25) is 21.9 Å². The highest BCUT2D eigenvalue weighted by molar-refractivity contribution is 7.89. The van der Waals surface area contributed by atoms with Crippen LogP contribution in [0.5, 0.6) is 0 Å². The lowest BCUT2D eigenvalue weighted by Gasteiger charge is -2.25. The van der Waals surface area contributed by atoms with E-state index in [-0.39, 0.29) is 16.8 Å². The molecule has 36 heavy (non-hydrogen) atoms. The number of nitrogens with zero attached hydrogens (tertiary/aromatic N) is 7. The summed E-state index contributed by atoms with van der Waals surface area (Å²) >= 11 is 0. The molecule has 5 N–H and O–H groups in total. The molecule has 0 spiro atoms. The fourth-order valence-corrected chi connectivity index (χ4v) is 3.94. The van der Waals surface area contributed by atoms with Gasteiger partial charge in [0.15, 0.2) is 5.82 Å². The predicted molar refractivity (Wildman–Crippen MR) is 139 cm³/mol. The van der Waals surface area contributed by atoms with Crippen LogP contribution >= 0.6 is 0 Å². The summed E-state index contributed by atoms with van der Waals surface area (Å²) in [5.74, 6) is 1.55. The van der Waals surface area contributed by atoms with E-state index in [0.717, 1.165) is 24.5 Å². The smallest absolute Gasteiger partial charge is 0.248 e. The first-order valence-electron chi connectivity index (χ1n) is 11.1. The van der Waals surface area contributed by atoms with E-state index in [0.29, 0.717) is 18.1 Å². The third-order valence-corrected chi connectivity index (χ3v) is 6.21. The Hall–Kier alpha value is -4.07. The number of rotatable bonds is 10. The lowest BCUT2D eigenvalue weighted by Crippen LogP contribution is -2.32. The van der Waals surface area contributed by atoms with E-state index in [4.69, 9.17) is 10.9 Å². The number of hydrogen-bond acceptors (Lipinski definition) is 10. The Labute approximate surface area is 209 Å². The van der Waals surface area contributed by atoms with Gasteiger partial charge in [0.1, 0.15) is 12.1 Å². The number of aromatic nitrogens is 5. The second-order valence-corrected chi connectivity index (χ2v) is 9.91. The van der Waals surface area contributed by atoms with Gasteiger partial charge < -0.3 is 20.9 Å². The highest BCUT2D eigenvalue weighted by Gasteiger charge is 2.15. The van der Waals surface area contributed by atoms with Gasteiger partial charge in [-0.05, 0) is 43.9 Å². The molecular weight excluding hydrogens is 480 g/mol. The Kier molecular flexibility index (Phi) is 7.43. The third kappa shape index (κ3) is 6.33. The van der Waals surface area contributed by atoms with E-state index in [1.54, 1.807) is 12.1 Å². The minimum atomic E-state index is -3.78. The minimum Gasteiger partial charge on any atom is -0.368 e. The van der Waals surface area contributed by atoms with Crippen molar-refractivity contribution in [3.05, 3.63) is 72.6 Å². The molecule has 4 rings (SSSR count). The normalized spacial score (nSPS) is 11.6. The van der Waals surface area contributed by atoms with Crippen LogP contribution < -0.4 is 21.1 Å². The summed E-state index contributed by atoms with van der Waals surface area (Å²) in [6, 6.07) is 17.9. The summed E-state index contributed by atoms with van der Waals surface area (Å²) in [5.41, 5.74) is 7.86. The molecule has 0 aliphatic rings. The topological polar surface area (TPSA) is 161 Å². The number of anilines is 4. The quantitative estimate of drug-likeness (QED) is 0.287. The highest BCUT2D eigenvalue weighted by Crippen LogP contribution is 2.21. The van der Waals surface area contributed by atoms with Gasteiger partial charge in [0.25, 0.3) is 0 Å². The van der Waals surface area contributed by atoms with Crippen molar-refractivity contribution in [3.63, 3.8) is 0 Å². The predicted octanol–water partition coefficient (Wildman–Crippen LogP) is 1.60. The van der Waals surface area contributed by atoms with Gasteiger partial charge in [0, 0.05) is 31.4 Å². The molecule has 0 unspecified atom stereocenters. The van der Waals surface area contributed by atoms with E-state index >= 15 is 0 Å². The van der Waals surface area contributed by atoms with Gasteiger partial charge >= 0.3 is 0 Å². The van der Waals surface area contributed by atoms with Crippen LogP contribution in [0.2, 0.25) is 0 Å². The number of sulfonamides is 1. The van der Waals surface area contributed by atoms with Crippen molar-refractivity contribution in [2.24, 2.45) is 5.14 Å². The number of primary sulfonamides is 1. The average molecular weight is 509 g/mol. The van der Waals surface area contributed by atoms with E-state index in [1.165, 1.54) is 23.1 Å². The van der Waals surface area contributed by atoms with Crippen LogP contribution in [-0.4, -0.2) is 65.2 Å². The van der Waals surface area contributed by atoms with Crippen LogP contribution in [0.3, 0.4) is 0 Å². The van der Waals surface area contributed by atoms with Crippen molar-refractivity contribution in [3.8, 4) is 5.82 Å². The summed E-state index contributed by atoms with van der Waals surface area (Å²) < 4.78 is 24.3. The standard InChI is InChI=1S/C23H28N10O2S/c1-31(2)12-13-32(15-17-6-4-3-5-7-17)20-14-21(27-16-26-20)33-22(24)29-23(30-33)28-18-8-10-19(11-9-18)36(25,34)35/h3-11,14,16H,12-13,15H2,1-2H3,(H2,25,34,35)(H3,24,28,29,30). The maximum atomic E-state index is 11.5. The molecule has 2 aromatic heterocycles. The zero-order chi connectivity index (χ0) is 25.7. The van der Waals surface area contributed by atoms with Crippen LogP contribution in [0.4, 0.5) is 23.4 Å². The van der Waals surface area contributed by atoms with Crippen molar-refractivity contribution in [1.29, 1.82) is 0 Å². The number of benzene rings is 2. The summed E-state index contributed by atoms with van der Waals surface area (Å²) in [5, 5.41) is 12.6. The van der Waals surface area contributed by atoms with Gasteiger partial charge in [-0.1, -0.05) is 30.3 Å². The molecule has 188 valence electrons. The number of nitrogen functional groups attached to an aromatic ring is 1. The number of nitrogens with one attached hydrogen (secondary N) is 1. The monoisotopic (exact) mass is 508 g/mol. The van der Waals surface area contributed by atoms with Crippen LogP contribution in [-0.2, 0) is 16.6 Å². The molecule has 2 aromatic carbocycles. The molecule has 0 radical (unpaired) electrons. The van der Waals surface area contributed by atoms with Crippen molar-refractivity contribution < 1.29 is 8.42 Å². The van der Waals surface area contributed by atoms with Gasteiger partial charge in [0.05, 0.1) is 4.90 Å². The van der Waals surface area contributed by atoms with Crippen LogP contribution in [0.25, 0.3) is 5.82 Å². The Bertz CT molecular complexity index is 1410. The van der Waals surface area contributed by atoms with Crippen LogP contribution in [0.1, 0.15) is 5.56 Å². The third-order valence-electron chi connectivity index (χ3n) is 5.28. The molecule has 4 aromatic rings. The SMILES string of the molecule is CN(C)CCN(Cc1ccccc1)c1cc(-n2nc(Nc3ccc(S(N)(=O)=O)cc3)nc2N)ncn1. The Balaban J connectivity index is 1.57. The first kappa shape index (κ1) is 25.0. The molecule has 13 heteroatoms. The second kappa shape index (κ2) is 10.7. The molecule has 0 saturated carbocycles. The van der Waals surface area contributed by atoms with Gasteiger partial charge in [-0.2, -0.15) is 9.67 Å². The van der Waals surface area contributed by atoms with Crippen molar-refractivity contribution >= 4 is 33.4 Å². The Morgan fingerprint density at radius 1 is 1.00 bits per heavy atom. The Morgan fingerprint density at radius 3 is 2.39 bits per heavy atom. The van der Waals surface area contributed by atoms with Crippen LogP contribution in [0.15, 0.2) is 71.9 Å². The summed E-state index contributed by atoms with van der Waals surface area (Å²) in [7, 11) is 0.279. The summed E-state index contributed by atoms with van der Waals surface area (Å²) in [6.07, 6.45) is 1.47. The molecule has 0 atom stereocenters. The van der Waals surface area contributed by atoms with E-state index in [2.05, 4.69) is 47.3 Å². The van der Waals surface area contributed by atoms with Crippen LogP contribution in [0, 0.1) is 0 Å². The molecule has 0 amide bonds. The summed E-state index contributed by atoms with van der Waals surface area (Å²) in [6.45, 7) is 2.28.